The number of ether oxygens (including phenoxy) is 1. The van der Waals surface area contributed by atoms with Crippen molar-refractivity contribution in [2.45, 2.75) is 71.1 Å². The Morgan fingerprint density at radius 1 is 0.727 bits per heavy atom. The van der Waals surface area contributed by atoms with Crippen LogP contribution >= 0.6 is 0 Å². The third-order valence-electron chi connectivity index (χ3n) is 4.19. The number of rotatable bonds is 16. The lowest BCUT2D eigenvalue weighted by molar-refractivity contribution is -0.891. The fourth-order valence-corrected chi connectivity index (χ4v) is 2.62. The average Bonchev–Trinajstić information content (AvgIpc) is 2.45. The molecule has 0 radical (unpaired) electrons. The molecule has 0 unspecified atom stereocenters. The second kappa shape index (κ2) is 17.5. The molecule has 0 aliphatic carbocycles. The predicted octanol–water partition coefficient (Wildman–Crippen LogP) is 0.997. The molecule has 136 valence electrons. The highest BCUT2D eigenvalue weighted by atomic mass is 35.5. The number of unbranched alkanes of at least 4 members (excludes halogenated alkanes) is 9. The van der Waals surface area contributed by atoms with Gasteiger partial charge in [-0.15, -0.1) is 0 Å². The number of hydrogen-bond acceptors (Lipinski definition) is 2. The maximum absolute atomic E-state index is 8.67. The van der Waals surface area contributed by atoms with Crippen LogP contribution in [0.3, 0.4) is 0 Å². The predicted molar refractivity (Wildman–Crippen MR) is 91.6 cm³/mol. The number of hydrogen-bond donors (Lipinski definition) is 1. The molecule has 0 saturated carbocycles. The van der Waals surface area contributed by atoms with Crippen LogP contribution in [-0.4, -0.2) is 56.6 Å². The zero-order valence-corrected chi connectivity index (χ0v) is 16.0. The van der Waals surface area contributed by atoms with Gasteiger partial charge in [-0.2, -0.15) is 0 Å². The SMILES string of the molecule is CCCCCCCCCCCC[N+](C)(C)CCOCCO.[Cl-]. The van der Waals surface area contributed by atoms with E-state index in [4.69, 9.17) is 9.84 Å². The van der Waals surface area contributed by atoms with Gasteiger partial charge in [-0.05, 0) is 12.8 Å². The third kappa shape index (κ3) is 18.2. The second-order valence-electron chi connectivity index (χ2n) is 6.90. The largest absolute Gasteiger partial charge is 1.00 e. The van der Waals surface area contributed by atoms with Gasteiger partial charge in [-0.3, -0.25) is 0 Å². The number of halogens is 1. The van der Waals surface area contributed by atoms with Crippen LogP contribution in [0.25, 0.3) is 0 Å². The van der Waals surface area contributed by atoms with Crippen molar-refractivity contribution >= 4 is 0 Å². The molecule has 0 fully saturated rings. The molecule has 0 saturated heterocycles. The summed E-state index contributed by atoms with van der Waals surface area (Å²) in [5.41, 5.74) is 0. The zero-order chi connectivity index (χ0) is 15.8. The van der Waals surface area contributed by atoms with Crippen molar-refractivity contribution in [3.05, 3.63) is 0 Å². The molecule has 0 atom stereocenters. The highest BCUT2D eigenvalue weighted by molar-refractivity contribution is 4.47. The van der Waals surface area contributed by atoms with Crippen LogP contribution in [0.15, 0.2) is 0 Å². The van der Waals surface area contributed by atoms with E-state index in [0.29, 0.717) is 6.61 Å². The van der Waals surface area contributed by atoms with Crippen molar-refractivity contribution in [1.29, 1.82) is 0 Å². The van der Waals surface area contributed by atoms with Gasteiger partial charge in [0, 0.05) is 0 Å². The van der Waals surface area contributed by atoms with Gasteiger partial charge in [-0.1, -0.05) is 58.3 Å². The standard InChI is InChI=1S/C18H40NO2.ClH/c1-4-5-6-7-8-9-10-11-12-13-14-19(2,3)15-17-21-18-16-20;/h20H,4-18H2,1-3H3;1H/q+1;/p-1. The van der Waals surface area contributed by atoms with Crippen molar-refractivity contribution in [2.75, 3.05) is 47.0 Å². The minimum absolute atomic E-state index is 0. The maximum Gasteiger partial charge on any atom is 0.102 e. The summed E-state index contributed by atoms with van der Waals surface area (Å²) < 4.78 is 6.38. The smallest absolute Gasteiger partial charge is 0.102 e. The van der Waals surface area contributed by atoms with Gasteiger partial charge in [-0.25, -0.2) is 0 Å². The van der Waals surface area contributed by atoms with Gasteiger partial charge in [0.15, 0.2) is 0 Å². The molecule has 0 spiro atoms. The molecule has 0 rings (SSSR count). The van der Waals surface area contributed by atoms with E-state index in [1.165, 1.54) is 70.8 Å². The number of aliphatic hydroxyl groups is 1. The quantitative estimate of drug-likeness (QED) is 0.336. The molecule has 0 aromatic carbocycles. The lowest BCUT2D eigenvalue weighted by atomic mass is 10.1. The average molecular weight is 338 g/mol. The van der Waals surface area contributed by atoms with Gasteiger partial charge in [0.1, 0.15) is 6.54 Å². The van der Waals surface area contributed by atoms with Crippen molar-refractivity contribution in [3.63, 3.8) is 0 Å². The van der Waals surface area contributed by atoms with Crippen LogP contribution in [0.2, 0.25) is 0 Å². The summed E-state index contributed by atoms with van der Waals surface area (Å²) in [5.74, 6) is 0. The van der Waals surface area contributed by atoms with Gasteiger partial charge in [0.2, 0.25) is 0 Å². The third-order valence-corrected chi connectivity index (χ3v) is 4.19. The zero-order valence-electron chi connectivity index (χ0n) is 15.3. The van der Waals surface area contributed by atoms with Crippen LogP contribution in [0.1, 0.15) is 71.1 Å². The summed E-state index contributed by atoms with van der Waals surface area (Å²) in [6.07, 6.45) is 14.0. The molecule has 1 N–H and O–H groups in total. The molecule has 4 heteroatoms. The molecule has 0 amide bonds. The Morgan fingerprint density at radius 2 is 1.23 bits per heavy atom. The topological polar surface area (TPSA) is 29.5 Å². The molecule has 0 aliphatic rings. The molecule has 22 heavy (non-hydrogen) atoms. The Morgan fingerprint density at radius 3 is 1.73 bits per heavy atom. The monoisotopic (exact) mass is 337 g/mol. The molecular weight excluding hydrogens is 298 g/mol. The number of aliphatic hydroxyl groups excluding tert-OH is 1. The Balaban J connectivity index is 0. The summed E-state index contributed by atoms with van der Waals surface area (Å²) in [4.78, 5) is 0. The molecule has 3 nitrogen and oxygen atoms in total. The lowest BCUT2D eigenvalue weighted by Gasteiger charge is -2.29. The van der Waals surface area contributed by atoms with Gasteiger partial charge in [0.05, 0.1) is 40.5 Å². The molecule has 0 bridgehead atoms. The molecule has 0 heterocycles. The lowest BCUT2D eigenvalue weighted by Crippen LogP contribution is -3.00. The van der Waals surface area contributed by atoms with E-state index in [-0.39, 0.29) is 19.0 Å². The fraction of sp³-hybridized carbons (Fsp3) is 1.00. The normalized spacial score (nSPS) is 11.5. The van der Waals surface area contributed by atoms with Crippen molar-refractivity contribution < 1.29 is 26.7 Å². The summed E-state index contributed by atoms with van der Waals surface area (Å²) in [6.45, 7) is 5.91. The number of likely N-dealkylation sites (N-methyl/N-ethyl adjacent to an activating group) is 1. The summed E-state index contributed by atoms with van der Waals surface area (Å²) >= 11 is 0. The fourth-order valence-electron chi connectivity index (χ4n) is 2.62. The first kappa shape index (κ1) is 24.4. The summed E-state index contributed by atoms with van der Waals surface area (Å²) in [6, 6.07) is 0. The number of nitrogens with zero attached hydrogens (tertiary/aromatic N) is 1. The van der Waals surface area contributed by atoms with Crippen LogP contribution in [0.4, 0.5) is 0 Å². The van der Waals surface area contributed by atoms with E-state index in [1.807, 2.05) is 0 Å². The Labute approximate surface area is 145 Å². The van der Waals surface area contributed by atoms with E-state index in [9.17, 15) is 0 Å². The van der Waals surface area contributed by atoms with Gasteiger partial charge in [0.25, 0.3) is 0 Å². The van der Waals surface area contributed by atoms with E-state index < -0.39 is 0 Å². The van der Waals surface area contributed by atoms with E-state index in [0.717, 1.165) is 17.6 Å². The molecular formula is C18H40ClNO2. The molecule has 0 aromatic heterocycles. The molecule has 0 aromatic rings. The second-order valence-corrected chi connectivity index (χ2v) is 6.90. The van der Waals surface area contributed by atoms with Crippen LogP contribution in [-0.2, 0) is 4.74 Å². The van der Waals surface area contributed by atoms with E-state index in [2.05, 4.69) is 21.0 Å². The Kier molecular flexibility index (Phi) is 19.5. The van der Waals surface area contributed by atoms with Gasteiger partial charge >= 0.3 is 0 Å². The first-order valence-corrected chi connectivity index (χ1v) is 9.13. The van der Waals surface area contributed by atoms with Crippen molar-refractivity contribution in [2.24, 2.45) is 0 Å². The Hall–Kier alpha value is 0.170. The van der Waals surface area contributed by atoms with E-state index >= 15 is 0 Å². The van der Waals surface area contributed by atoms with E-state index in [1.54, 1.807) is 0 Å². The Bertz CT molecular complexity index is 213. The maximum atomic E-state index is 8.67. The highest BCUT2D eigenvalue weighted by Crippen LogP contribution is 2.11. The summed E-state index contributed by atoms with van der Waals surface area (Å²) in [5, 5.41) is 8.67. The number of quaternary nitrogens is 1. The van der Waals surface area contributed by atoms with Gasteiger partial charge < -0.3 is 26.7 Å². The highest BCUT2D eigenvalue weighted by Gasteiger charge is 2.13. The van der Waals surface area contributed by atoms with Crippen LogP contribution < -0.4 is 12.4 Å². The van der Waals surface area contributed by atoms with Crippen molar-refractivity contribution in [3.8, 4) is 0 Å². The molecule has 0 aliphatic heterocycles. The minimum Gasteiger partial charge on any atom is -1.00 e. The minimum atomic E-state index is 0. The van der Waals surface area contributed by atoms with Crippen LogP contribution in [0, 0.1) is 0 Å². The first-order valence-electron chi connectivity index (χ1n) is 9.13. The first-order chi connectivity index (χ1) is 10.1. The van der Waals surface area contributed by atoms with Crippen molar-refractivity contribution in [1.82, 2.24) is 0 Å². The van der Waals surface area contributed by atoms with Crippen LogP contribution in [0.5, 0.6) is 0 Å². The summed E-state index contributed by atoms with van der Waals surface area (Å²) in [7, 11) is 4.55.